The Morgan fingerprint density at radius 3 is 2.59 bits per heavy atom. The van der Waals surface area contributed by atoms with Crippen molar-refractivity contribution in [3.05, 3.63) is 77.3 Å². The maximum absolute atomic E-state index is 7.38. The van der Waals surface area contributed by atoms with Crippen LogP contribution in [0.1, 0.15) is 25.0 Å². The number of fused-ring (bicyclic) bond motifs is 2. The van der Waals surface area contributed by atoms with Gasteiger partial charge in [0.15, 0.2) is 6.20 Å². The molecule has 0 radical (unpaired) electrons. The van der Waals surface area contributed by atoms with E-state index in [9.17, 15) is 0 Å². The predicted molar refractivity (Wildman–Crippen MR) is 109 cm³/mol. The molecular formula is C24H23N2O+. The number of hydrogen-bond acceptors (Lipinski definition) is 1. The van der Waals surface area contributed by atoms with E-state index < -0.39 is 0 Å². The molecule has 0 aliphatic rings. The molecule has 0 saturated carbocycles. The molecule has 3 nitrogen and oxygen atoms in total. The summed E-state index contributed by atoms with van der Waals surface area (Å²) in [6, 6.07) is 16.8. The zero-order chi connectivity index (χ0) is 19.2. The highest BCUT2D eigenvalue weighted by atomic mass is 16.3. The molecule has 4 rings (SSSR count). The Kier molecular flexibility index (Phi) is 4.00. The quantitative estimate of drug-likeness (QED) is 0.345. The third kappa shape index (κ3) is 2.98. The SMILES string of the molecule is [C-]#[N+]C(C)(C)Cc1ccc2c(-c3oc4ccccc4c3C)[n+](C)ccc2c1. The van der Waals surface area contributed by atoms with Gasteiger partial charge in [-0.2, -0.15) is 4.57 Å². The van der Waals surface area contributed by atoms with Crippen molar-refractivity contribution in [2.75, 3.05) is 0 Å². The predicted octanol–water partition coefficient (Wildman–Crippen LogP) is 5.63. The van der Waals surface area contributed by atoms with Gasteiger partial charge in [-0.1, -0.05) is 30.3 Å². The molecule has 0 fully saturated rings. The standard InChI is InChI=1S/C24H23N2O/c1-16-19-8-6-7-9-21(19)27-23(16)22-20-11-10-17(15-24(2,3)25-4)14-18(20)12-13-26(22)5/h6-14H,15H2,1-3,5H3/q+1. The number of benzene rings is 2. The van der Waals surface area contributed by atoms with Gasteiger partial charge in [-0.25, -0.2) is 6.57 Å². The third-order valence-corrected chi connectivity index (χ3v) is 5.20. The zero-order valence-corrected chi connectivity index (χ0v) is 16.2. The van der Waals surface area contributed by atoms with E-state index in [1.807, 2.05) is 32.0 Å². The van der Waals surface area contributed by atoms with E-state index in [-0.39, 0.29) is 5.54 Å². The molecule has 0 saturated heterocycles. The summed E-state index contributed by atoms with van der Waals surface area (Å²) in [6.45, 7) is 13.5. The summed E-state index contributed by atoms with van der Waals surface area (Å²) in [5.74, 6) is 0.915. The Morgan fingerprint density at radius 2 is 1.85 bits per heavy atom. The van der Waals surface area contributed by atoms with Crippen LogP contribution < -0.4 is 4.57 Å². The summed E-state index contributed by atoms with van der Waals surface area (Å²) >= 11 is 0. The fraction of sp³-hybridized carbons (Fsp3) is 0.250. The first kappa shape index (κ1) is 17.3. The fourth-order valence-corrected chi connectivity index (χ4v) is 3.75. The molecule has 0 atom stereocenters. The van der Waals surface area contributed by atoms with E-state index in [2.05, 4.69) is 59.9 Å². The van der Waals surface area contributed by atoms with E-state index >= 15 is 0 Å². The molecule has 0 amide bonds. The summed E-state index contributed by atoms with van der Waals surface area (Å²) in [7, 11) is 2.05. The summed E-state index contributed by atoms with van der Waals surface area (Å²) in [5, 5.41) is 3.48. The van der Waals surface area contributed by atoms with Gasteiger partial charge in [0.05, 0.1) is 11.8 Å². The van der Waals surface area contributed by atoms with E-state index in [4.69, 9.17) is 11.0 Å². The molecule has 0 unspecified atom stereocenters. The minimum atomic E-state index is -0.384. The van der Waals surface area contributed by atoms with Gasteiger partial charge in [-0.05, 0) is 30.0 Å². The number of para-hydroxylation sites is 1. The smallest absolute Gasteiger partial charge is 0.256 e. The Morgan fingerprint density at radius 1 is 1.07 bits per heavy atom. The van der Waals surface area contributed by atoms with Crippen LogP contribution in [0.3, 0.4) is 0 Å². The molecule has 0 N–H and O–H groups in total. The summed E-state index contributed by atoms with van der Waals surface area (Å²) in [6.07, 6.45) is 2.82. The van der Waals surface area contributed by atoms with Gasteiger partial charge in [0, 0.05) is 30.9 Å². The number of hydrogen-bond donors (Lipinski definition) is 0. The molecule has 0 spiro atoms. The molecule has 27 heavy (non-hydrogen) atoms. The normalized spacial score (nSPS) is 11.8. The maximum atomic E-state index is 7.38. The van der Waals surface area contributed by atoms with Crippen molar-refractivity contribution in [2.45, 2.75) is 32.7 Å². The maximum Gasteiger partial charge on any atom is 0.256 e. The molecule has 3 heteroatoms. The number of furan rings is 1. The highest BCUT2D eigenvalue weighted by Crippen LogP contribution is 2.35. The second-order valence-corrected chi connectivity index (χ2v) is 7.85. The van der Waals surface area contributed by atoms with Crippen molar-refractivity contribution >= 4 is 21.7 Å². The summed E-state index contributed by atoms with van der Waals surface area (Å²) in [4.78, 5) is 3.74. The van der Waals surface area contributed by atoms with Gasteiger partial charge in [0.25, 0.3) is 5.69 Å². The van der Waals surface area contributed by atoms with E-state index in [0.717, 1.165) is 39.8 Å². The minimum absolute atomic E-state index is 0.384. The van der Waals surface area contributed by atoms with Crippen LogP contribution in [0, 0.1) is 13.5 Å². The van der Waals surface area contributed by atoms with E-state index in [1.54, 1.807) is 0 Å². The molecule has 0 aliphatic heterocycles. The number of aromatic nitrogens is 1. The topological polar surface area (TPSA) is 21.4 Å². The van der Waals surface area contributed by atoms with Gasteiger partial charge >= 0.3 is 0 Å². The van der Waals surface area contributed by atoms with Gasteiger partial charge in [0.1, 0.15) is 12.6 Å². The Balaban J connectivity index is 1.91. The highest BCUT2D eigenvalue weighted by Gasteiger charge is 2.25. The van der Waals surface area contributed by atoms with Crippen LogP contribution in [-0.4, -0.2) is 5.54 Å². The number of pyridine rings is 1. The molecule has 2 aromatic carbocycles. The van der Waals surface area contributed by atoms with Gasteiger partial charge in [-0.15, -0.1) is 0 Å². The molecular weight excluding hydrogens is 332 g/mol. The lowest BCUT2D eigenvalue weighted by molar-refractivity contribution is -0.659. The van der Waals surface area contributed by atoms with Gasteiger partial charge in [0.2, 0.25) is 11.3 Å². The van der Waals surface area contributed by atoms with Crippen LogP contribution in [-0.2, 0) is 13.5 Å². The van der Waals surface area contributed by atoms with Crippen molar-refractivity contribution in [3.63, 3.8) is 0 Å². The van der Waals surface area contributed by atoms with Crippen LogP contribution in [0.4, 0.5) is 0 Å². The monoisotopic (exact) mass is 355 g/mol. The first-order chi connectivity index (χ1) is 12.9. The van der Waals surface area contributed by atoms with Crippen molar-refractivity contribution in [1.82, 2.24) is 0 Å². The van der Waals surface area contributed by atoms with Gasteiger partial charge < -0.3 is 9.26 Å². The molecule has 2 heterocycles. The Hall–Kier alpha value is -3.12. The average molecular weight is 355 g/mol. The number of rotatable bonds is 3. The lowest BCUT2D eigenvalue weighted by Gasteiger charge is -2.12. The second kappa shape index (κ2) is 6.25. The Labute approximate surface area is 159 Å². The van der Waals surface area contributed by atoms with Crippen LogP contribution in [0.15, 0.2) is 59.1 Å². The highest BCUT2D eigenvalue weighted by molar-refractivity contribution is 5.96. The van der Waals surface area contributed by atoms with Gasteiger partial charge in [-0.3, -0.25) is 0 Å². The van der Waals surface area contributed by atoms with Crippen molar-refractivity contribution < 1.29 is 8.98 Å². The molecule has 2 aromatic heterocycles. The second-order valence-electron chi connectivity index (χ2n) is 7.85. The molecule has 4 aromatic rings. The van der Waals surface area contributed by atoms with E-state index in [0.29, 0.717) is 0 Å². The Bertz CT molecular complexity index is 1210. The molecule has 134 valence electrons. The van der Waals surface area contributed by atoms with Crippen molar-refractivity contribution in [3.8, 4) is 11.5 Å². The lowest BCUT2D eigenvalue weighted by atomic mass is 9.94. The lowest BCUT2D eigenvalue weighted by Crippen LogP contribution is -2.30. The van der Waals surface area contributed by atoms with Crippen molar-refractivity contribution in [1.29, 1.82) is 0 Å². The molecule has 0 bridgehead atoms. The molecule has 0 aliphatic carbocycles. The van der Waals surface area contributed by atoms with Crippen molar-refractivity contribution in [2.24, 2.45) is 7.05 Å². The summed E-state index contributed by atoms with van der Waals surface area (Å²) < 4.78 is 8.36. The first-order valence-corrected chi connectivity index (χ1v) is 9.18. The largest absolute Gasteiger partial charge is 0.449 e. The zero-order valence-electron chi connectivity index (χ0n) is 16.2. The summed E-state index contributed by atoms with van der Waals surface area (Å²) in [5.41, 5.74) is 3.96. The van der Waals surface area contributed by atoms with Crippen LogP contribution in [0.25, 0.3) is 38.0 Å². The third-order valence-electron chi connectivity index (χ3n) is 5.20. The van der Waals surface area contributed by atoms with Crippen LogP contribution >= 0.6 is 0 Å². The number of aryl methyl sites for hydroxylation is 2. The van der Waals surface area contributed by atoms with Crippen LogP contribution in [0.2, 0.25) is 0 Å². The first-order valence-electron chi connectivity index (χ1n) is 9.18. The number of nitrogens with zero attached hydrogens (tertiary/aromatic N) is 2. The average Bonchev–Trinajstić information content (AvgIpc) is 2.98. The van der Waals surface area contributed by atoms with Crippen LogP contribution in [0.5, 0.6) is 0 Å². The minimum Gasteiger partial charge on any atom is -0.449 e. The van der Waals surface area contributed by atoms with E-state index in [1.165, 1.54) is 10.9 Å². The fourth-order valence-electron chi connectivity index (χ4n) is 3.75.